The third-order valence-electron chi connectivity index (χ3n) is 7.49. The van der Waals surface area contributed by atoms with E-state index in [1.54, 1.807) is 0 Å². The van der Waals surface area contributed by atoms with Crippen molar-refractivity contribution in [3.8, 4) is 11.5 Å². The van der Waals surface area contributed by atoms with Gasteiger partial charge in [-0.1, -0.05) is 6.07 Å². The van der Waals surface area contributed by atoms with E-state index >= 15 is 0 Å². The lowest BCUT2D eigenvalue weighted by molar-refractivity contribution is -0.140. The number of imidazole rings is 1. The number of carbonyl (C=O) groups excluding carboxylic acids is 1. The zero-order valence-electron chi connectivity index (χ0n) is 17.1. The zero-order chi connectivity index (χ0) is 19.8. The van der Waals surface area contributed by atoms with Crippen LogP contribution in [0.2, 0.25) is 0 Å². The number of fused-ring (bicyclic) bond motifs is 1. The number of furan rings is 1. The van der Waals surface area contributed by atoms with Crippen LogP contribution in [0.3, 0.4) is 0 Å². The van der Waals surface area contributed by atoms with Gasteiger partial charge in [-0.3, -0.25) is 9.20 Å². The molecule has 3 heterocycles. The van der Waals surface area contributed by atoms with E-state index in [9.17, 15) is 4.79 Å². The van der Waals surface area contributed by atoms with Crippen LogP contribution < -0.4 is 5.32 Å². The highest BCUT2D eigenvalue weighted by molar-refractivity contribution is 5.98. The summed E-state index contributed by atoms with van der Waals surface area (Å²) >= 11 is 0. The predicted octanol–water partition coefficient (Wildman–Crippen LogP) is 5.37. The van der Waals surface area contributed by atoms with Crippen LogP contribution in [-0.4, -0.2) is 15.3 Å². The number of rotatable bonds is 3. The summed E-state index contributed by atoms with van der Waals surface area (Å²) in [6.07, 6.45) is 9.19. The molecule has 0 aliphatic heterocycles. The Labute approximate surface area is 170 Å². The first-order chi connectivity index (χ1) is 14.0. The van der Waals surface area contributed by atoms with E-state index in [1.165, 1.54) is 19.3 Å². The van der Waals surface area contributed by atoms with Crippen molar-refractivity contribution >= 4 is 17.4 Å². The summed E-state index contributed by atoms with van der Waals surface area (Å²) in [5, 5.41) is 3.33. The number of pyridine rings is 1. The molecule has 4 bridgehead atoms. The van der Waals surface area contributed by atoms with E-state index < -0.39 is 0 Å². The van der Waals surface area contributed by atoms with Crippen molar-refractivity contribution in [3.05, 3.63) is 41.8 Å². The predicted molar refractivity (Wildman–Crippen MR) is 112 cm³/mol. The summed E-state index contributed by atoms with van der Waals surface area (Å²) < 4.78 is 7.87. The smallest absolute Gasteiger partial charge is 0.231 e. The summed E-state index contributed by atoms with van der Waals surface area (Å²) in [7, 11) is 0. The number of amides is 1. The molecule has 0 unspecified atom stereocenters. The third-order valence-corrected chi connectivity index (χ3v) is 7.49. The first kappa shape index (κ1) is 17.3. The molecule has 0 radical (unpaired) electrons. The van der Waals surface area contributed by atoms with Crippen LogP contribution in [0.5, 0.6) is 0 Å². The lowest BCUT2D eigenvalue weighted by Gasteiger charge is -2.55. The Kier molecular flexibility index (Phi) is 3.57. The van der Waals surface area contributed by atoms with E-state index in [0.717, 1.165) is 59.8 Å². The van der Waals surface area contributed by atoms with Gasteiger partial charge in [0.05, 0.1) is 5.41 Å². The first-order valence-corrected chi connectivity index (χ1v) is 10.9. The Morgan fingerprint density at radius 3 is 2.38 bits per heavy atom. The summed E-state index contributed by atoms with van der Waals surface area (Å²) in [6, 6.07) is 7.92. The fraction of sp³-hybridized carbons (Fsp3) is 0.500. The number of nitrogens with one attached hydrogen (secondary N) is 1. The molecule has 5 heteroatoms. The molecule has 4 aliphatic carbocycles. The zero-order valence-corrected chi connectivity index (χ0v) is 17.1. The second-order valence-electron chi connectivity index (χ2n) is 9.81. The largest absolute Gasteiger partial charge is 0.460 e. The number of anilines is 1. The maximum Gasteiger partial charge on any atom is 0.231 e. The number of carbonyl (C=O) groups is 1. The summed E-state index contributed by atoms with van der Waals surface area (Å²) in [4.78, 5) is 18.5. The molecule has 0 spiro atoms. The quantitative estimate of drug-likeness (QED) is 0.655. The van der Waals surface area contributed by atoms with Gasteiger partial charge >= 0.3 is 0 Å². The minimum absolute atomic E-state index is 0.185. The maximum absolute atomic E-state index is 13.7. The van der Waals surface area contributed by atoms with Gasteiger partial charge in [0.25, 0.3) is 0 Å². The number of hydrogen-bond acceptors (Lipinski definition) is 3. The molecule has 150 valence electrons. The molecule has 1 amide bonds. The fourth-order valence-electron chi connectivity index (χ4n) is 6.63. The Hall–Kier alpha value is -2.56. The van der Waals surface area contributed by atoms with E-state index in [0.29, 0.717) is 11.5 Å². The van der Waals surface area contributed by atoms with Gasteiger partial charge in [-0.05, 0) is 93.9 Å². The molecular weight excluding hydrogens is 362 g/mol. The molecule has 0 aromatic carbocycles. The Morgan fingerprint density at radius 2 is 1.76 bits per heavy atom. The van der Waals surface area contributed by atoms with Crippen LogP contribution in [0.25, 0.3) is 17.1 Å². The maximum atomic E-state index is 13.7. The van der Waals surface area contributed by atoms with E-state index in [4.69, 9.17) is 9.40 Å². The van der Waals surface area contributed by atoms with E-state index in [2.05, 4.69) is 12.2 Å². The van der Waals surface area contributed by atoms with Crippen LogP contribution in [0.4, 0.5) is 5.82 Å². The van der Waals surface area contributed by atoms with Crippen LogP contribution in [0.1, 0.15) is 49.8 Å². The normalized spacial score (nSPS) is 30.2. The number of hydrogen-bond donors (Lipinski definition) is 1. The fourth-order valence-corrected chi connectivity index (χ4v) is 6.63. The van der Waals surface area contributed by atoms with Crippen LogP contribution in [0, 0.1) is 37.0 Å². The number of nitrogens with zero attached hydrogens (tertiary/aromatic N) is 2. The van der Waals surface area contributed by atoms with Crippen molar-refractivity contribution in [2.45, 2.75) is 52.4 Å². The van der Waals surface area contributed by atoms with Gasteiger partial charge in [0.15, 0.2) is 5.76 Å². The van der Waals surface area contributed by atoms with Gasteiger partial charge in [0.1, 0.15) is 22.9 Å². The highest BCUT2D eigenvalue weighted by atomic mass is 16.3. The summed E-state index contributed by atoms with van der Waals surface area (Å²) in [6.45, 7) is 3.98. The van der Waals surface area contributed by atoms with Gasteiger partial charge < -0.3 is 9.73 Å². The molecule has 4 aliphatic rings. The molecule has 7 rings (SSSR count). The van der Waals surface area contributed by atoms with Crippen molar-refractivity contribution in [2.24, 2.45) is 23.2 Å². The average Bonchev–Trinajstić information content (AvgIpc) is 3.24. The van der Waals surface area contributed by atoms with E-state index in [1.807, 2.05) is 41.8 Å². The standard InChI is InChI=1S/C24H27N3O2/c1-14-3-6-20-25-21(19-5-4-15(2)29-19)22(27(20)13-14)26-23(28)24-10-16-7-17(11-24)9-18(8-16)12-24/h3-6,13,16-18H,7-12H2,1-2H3,(H,26,28). The third kappa shape index (κ3) is 2.66. The van der Waals surface area contributed by atoms with Gasteiger partial charge in [-0.2, -0.15) is 0 Å². The lowest BCUT2D eigenvalue weighted by atomic mass is 9.49. The highest BCUT2D eigenvalue weighted by Crippen LogP contribution is 2.60. The molecular formula is C24H27N3O2. The van der Waals surface area contributed by atoms with Crippen molar-refractivity contribution in [3.63, 3.8) is 0 Å². The molecule has 0 saturated heterocycles. The van der Waals surface area contributed by atoms with Gasteiger partial charge in [0.2, 0.25) is 5.91 Å². The molecule has 29 heavy (non-hydrogen) atoms. The Balaban J connectivity index is 1.42. The van der Waals surface area contributed by atoms with E-state index in [-0.39, 0.29) is 11.3 Å². The SMILES string of the molecule is Cc1ccc2nc(-c3ccc(C)o3)c(NC(=O)C34CC5CC(CC(C5)C3)C4)n2c1. The van der Waals surface area contributed by atoms with Gasteiger partial charge in [0, 0.05) is 6.20 Å². The minimum atomic E-state index is -0.195. The van der Waals surface area contributed by atoms with Crippen LogP contribution in [-0.2, 0) is 4.79 Å². The average molecular weight is 389 g/mol. The van der Waals surface area contributed by atoms with Crippen molar-refractivity contribution in [2.75, 3.05) is 5.32 Å². The topological polar surface area (TPSA) is 59.5 Å². The van der Waals surface area contributed by atoms with Crippen molar-refractivity contribution < 1.29 is 9.21 Å². The van der Waals surface area contributed by atoms with Crippen LogP contribution in [0.15, 0.2) is 34.9 Å². The molecule has 1 N–H and O–H groups in total. The molecule has 3 aromatic heterocycles. The Bertz CT molecular complexity index is 1090. The molecule has 5 nitrogen and oxygen atoms in total. The van der Waals surface area contributed by atoms with Gasteiger partial charge in [-0.25, -0.2) is 4.98 Å². The summed E-state index contributed by atoms with van der Waals surface area (Å²) in [5.74, 6) is 4.68. The molecule has 0 atom stereocenters. The monoisotopic (exact) mass is 389 g/mol. The molecule has 4 saturated carbocycles. The first-order valence-electron chi connectivity index (χ1n) is 10.9. The second-order valence-corrected chi connectivity index (χ2v) is 9.81. The van der Waals surface area contributed by atoms with Gasteiger partial charge in [-0.15, -0.1) is 0 Å². The number of aromatic nitrogens is 2. The Morgan fingerprint density at radius 1 is 1.07 bits per heavy atom. The summed E-state index contributed by atoms with van der Waals surface area (Å²) in [5.41, 5.74) is 2.46. The second kappa shape index (κ2) is 5.97. The molecule has 3 aromatic rings. The van der Waals surface area contributed by atoms with Crippen molar-refractivity contribution in [1.29, 1.82) is 0 Å². The number of aryl methyl sites for hydroxylation is 2. The van der Waals surface area contributed by atoms with Crippen molar-refractivity contribution in [1.82, 2.24) is 9.38 Å². The minimum Gasteiger partial charge on any atom is -0.460 e. The van der Waals surface area contributed by atoms with Crippen LogP contribution >= 0.6 is 0 Å². The lowest BCUT2D eigenvalue weighted by Crippen LogP contribution is -2.51. The molecule has 4 fully saturated rings. The highest BCUT2D eigenvalue weighted by Gasteiger charge is 2.54.